The van der Waals surface area contributed by atoms with Crippen LogP contribution in [0.25, 0.3) is 0 Å². The number of ether oxygens (including phenoxy) is 1. The predicted molar refractivity (Wildman–Crippen MR) is 137 cm³/mol. The summed E-state index contributed by atoms with van der Waals surface area (Å²) in [5.41, 5.74) is -0.107. The first-order valence-corrected chi connectivity index (χ1v) is 12.1. The fraction of sp³-hybridized carbons (Fsp3) is 0.222. The summed E-state index contributed by atoms with van der Waals surface area (Å²) >= 11 is 1.85. The Bertz CT molecular complexity index is 1220. The van der Waals surface area contributed by atoms with Crippen LogP contribution in [-0.2, 0) is 19.7 Å². The van der Waals surface area contributed by atoms with Crippen molar-refractivity contribution in [3.8, 4) is 0 Å². The molecule has 2 atom stereocenters. The second-order valence-corrected chi connectivity index (χ2v) is 9.60. The minimum absolute atomic E-state index is 0.0599. The largest absolute Gasteiger partial charge is 0.497 e. The van der Waals surface area contributed by atoms with E-state index >= 15 is 0 Å². The maximum atomic E-state index is 14.3. The second-order valence-electron chi connectivity index (χ2n) is 8.64. The van der Waals surface area contributed by atoms with E-state index in [0.717, 1.165) is 16.9 Å². The maximum Gasteiger partial charge on any atom is 0.247 e. The van der Waals surface area contributed by atoms with Gasteiger partial charge in [-0.25, -0.2) is 8.10 Å². The highest BCUT2D eigenvalue weighted by Crippen LogP contribution is 2.62. The highest BCUT2D eigenvalue weighted by molar-refractivity contribution is 14.1. The first-order chi connectivity index (χ1) is 16.5. The van der Waals surface area contributed by atoms with Crippen LogP contribution in [0, 0.1) is 5.41 Å². The molecule has 0 bridgehead atoms. The van der Waals surface area contributed by atoms with Crippen LogP contribution in [0.15, 0.2) is 97.0 Å². The molecule has 7 heteroatoms. The van der Waals surface area contributed by atoms with E-state index in [1.165, 1.54) is 3.11 Å². The summed E-state index contributed by atoms with van der Waals surface area (Å²) in [5, 5.41) is 0. The molecule has 2 aliphatic rings. The summed E-state index contributed by atoms with van der Waals surface area (Å²) in [6.45, 7) is 0. The number of aromatic nitrogens is 2. The molecule has 0 spiro atoms. The Balaban J connectivity index is 1.85. The quantitative estimate of drug-likeness (QED) is 0.258. The van der Waals surface area contributed by atoms with Gasteiger partial charge in [-0.05, 0) is 29.7 Å². The lowest BCUT2D eigenvalue weighted by Crippen LogP contribution is -2.54. The Kier molecular flexibility index (Phi) is 5.89. The van der Waals surface area contributed by atoms with Gasteiger partial charge in [0.2, 0.25) is 11.8 Å². The van der Waals surface area contributed by atoms with Gasteiger partial charge in [-0.2, -0.15) is 0 Å². The molecule has 1 aromatic heterocycles. The van der Waals surface area contributed by atoms with E-state index in [-0.39, 0.29) is 18.2 Å². The van der Waals surface area contributed by atoms with Crippen LogP contribution in [0.4, 0.5) is 0 Å². The molecule has 2 unspecified atom stereocenters. The van der Waals surface area contributed by atoms with E-state index in [2.05, 4.69) is 9.97 Å². The molecule has 1 aliphatic heterocycles. The highest BCUT2D eigenvalue weighted by Gasteiger charge is 2.67. The van der Waals surface area contributed by atoms with Gasteiger partial charge in [0, 0.05) is 24.7 Å². The Morgan fingerprint density at radius 2 is 1.71 bits per heavy atom. The van der Waals surface area contributed by atoms with Crippen molar-refractivity contribution < 1.29 is 14.3 Å². The van der Waals surface area contributed by atoms with Crippen LogP contribution >= 0.6 is 22.9 Å². The average Bonchev–Trinajstić information content (AvgIpc) is 3.51. The molecule has 3 aromatic rings. The lowest BCUT2D eigenvalue weighted by Gasteiger charge is -2.49. The molecular formula is C27H24IN3O3. The van der Waals surface area contributed by atoms with Crippen molar-refractivity contribution in [2.75, 3.05) is 7.11 Å². The Morgan fingerprint density at radius 1 is 1.06 bits per heavy atom. The average molecular weight is 565 g/mol. The zero-order valence-corrected chi connectivity index (χ0v) is 20.8. The van der Waals surface area contributed by atoms with Crippen molar-refractivity contribution in [3.05, 3.63) is 114 Å². The lowest BCUT2D eigenvalue weighted by molar-refractivity contribution is -0.136. The fourth-order valence-electron chi connectivity index (χ4n) is 5.56. The summed E-state index contributed by atoms with van der Waals surface area (Å²) in [4.78, 5) is 35.5. The van der Waals surface area contributed by atoms with Crippen LogP contribution in [0.1, 0.15) is 35.7 Å². The van der Waals surface area contributed by atoms with Crippen molar-refractivity contribution >= 4 is 34.7 Å². The number of H-pyrrole nitrogens is 1. The Hall–Kier alpha value is -3.20. The lowest BCUT2D eigenvalue weighted by atomic mass is 9.51. The molecule has 0 saturated carbocycles. The molecule has 1 N–H and O–H groups in total. The van der Waals surface area contributed by atoms with Crippen molar-refractivity contribution in [3.63, 3.8) is 0 Å². The van der Waals surface area contributed by atoms with Gasteiger partial charge in [-0.1, -0.05) is 66.7 Å². The first-order valence-electron chi connectivity index (χ1n) is 11.1. The normalized spacial score (nSPS) is 24.6. The van der Waals surface area contributed by atoms with E-state index in [4.69, 9.17) is 4.74 Å². The molecular weight excluding hydrogens is 541 g/mol. The van der Waals surface area contributed by atoms with Crippen LogP contribution in [0.5, 0.6) is 0 Å². The number of imide groups is 1. The summed E-state index contributed by atoms with van der Waals surface area (Å²) in [5.74, 6) is 0.559. The molecule has 1 aliphatic carbocycles. The second kappa shape index (κ2) is 8.87. The zero-order chi connectivity index (χ0) is 23.8. The van der Waals surface area contributed by atoms with E-state index < -0.39 is 16.7 Å². The van der Waals surface area contributed by atoms with Gasteiger partial charge in [0.15, 0.2) is 0 Å². The van der Waals surface area contributed by atoms with Crippen LogP contribution < -0.4 is 0 Å². The number of aromatic amines is 1. The van der Waals surface area contributed by atoms with Crippen molar-refractivity contribution in [1.82, 2.24) is 13.1 Å². The number of hydrogen-bond acceptors (Lipinski definition) is 4. The molecule has 0 radical (unpaired) electrons. The smallest absolute Gasteiger partial charge is 0.247 e. The van der Waals surface area contributed by atoms with E-state index in [1.54, 1.807) is 19.5 Å². The number of carbonyl (C=O) groups is 2. The number of benzene rings is 2. The molecule has 5 rings (SSSR count). The summed E-state index contributed by atoms with van der Waals surface area (Å²) < 4.78 is 6.73. The number of allylic oxidation sites excluding steroid dienone is 3. The predicted octanol–water partition coefficient (Wildman–Crippen LogP) is 5.07. The minimum atomic E-state index is -1.15. The number of carbonyl (C=O) groups excluding carboxylic acids is 2. The number of methoxy groups -OCH3 is 1. The van der Waals surface area contributed by atoms with Crippen molar-refractivity contribution in [2.24, 2.45) is 5.41 Å². The van der Waals surface area contributed by atoms with Gasteiger partial charge in [-0.15, -0.1) is 0 Å². The standard InChI is InChI=1S/C27H24IN3O3/c1-34-21-12-14-26(15-13-21,24-29-16-17-30-24)27(18-22(32)31(28)25(27)33)23(19-8-4-2-5-9-19)20-10-6-3-7-11-20/h2-14,16-17,23H,15,18H2,1H3,(H,29,30). The summed E-state index contributed by atoms with van der Waals surface area (Å²) in [6.07, 6.45) is 9.84. The molecule has 34 heavy (non-hydrogen) atoms. The van der Waals surface area contributed by atoms with Crippen molar-refractivity contribution in [1.29, 1.82) is 0 Å². The van der Waals surface area contributed by atoms with Gasteiger partial charge in [-0.3, -0.25) is 9.59 Å². The molecule has 2 aromatic carbocycles. The third-order valence-electron chi connectivity index (χ3n) is 7.08. The summed E-state index contributed by atoms with van der Waals surface area (Å²) in [7, 11) is 1.62. The number of rotatable bonds is 6. The van der Waals surface area contributed by atoms with Gasteiger partial charge in [0.05, 0.1) is 40.8 Å². The van der Waals surface area contributed by atoms with Gasteiger partial charge >= 0.3 is 0 Å². The SMILES string of the molecule is COC1=CCC(c2ncc[nH]2)(C2(C(c3ccccc3)c3ccccc3)CC(=O)N(I)C2=O)C=C1. The van der Waals surface area contributed by atoms with Crippen LogP contribution in [0.3, 0.4) is 0 Å². The van der Waals surface area contributed by atoms with E-state index in [9.17, 15) is 9.59 Å². The topological polar surface area (TPSA) is 75.3 Å². The molecule has 1 saturated heterocycles. The first kappa shape index (κ1) is 22.6. The fourth-order valence-corrected chi connectivity index (χ4v) is 6.16. The molecule has 6 nitrogen and oxygen atoms in total. The maximum absolute atomic E-state index is 14.3. The monoisotopic (exact) mass is 565 g/mol. The van der Waals surface area contributed by atoms with Crippen molar-refractivity contribution in [2.45, 2.75) is 24.2 Å². The molecule has 2 heterocycles. The van der Waals surface area contributed by atoms with Gasteiger partial charge < -0.3 is 9.72 Å². The zero-order valence-electron chi connectivity index (χ0n) is 18.6. The van der Waals surface area contributed by atoms with Gasteiger partial charge in [0.1, 0.15) is 11.6 Å². The minimum Gasteiger partial charge on any atom is -0.497 e. The highest BCUT2D eigenvalue weighted by atomic mass is 127. The number of amides is 2. The van der Waals surface area contributed by atoms with E-state index in [0.29, 0.717) is 12.2 Å². The van der Waals surface area contributed by atoms with Gasteiger partial charge in [0.25, 0.3) is 0 Å². The van der Waals surface area contributed by atoms with Crippen LogP contribution in [-0.4, -0.2) is 32.0 Å². The third kappa shape index (κ3) is 3.33. The number of nitrogens with one attached hydrogen (secondary N) is 1. The van der Waals surface area contributed by atoms with E-state index in [1.807, 2.05) is 102 Å². The third-order valence-corrected chi connectivity index (χ3v) is 8.05. The number of imidazole rings is 1. The molecule has 2 amide bonds. The Labute approximate surface area is 212 Å². The Morgan fingerprint density at radius 3 is 2.15 bits per heavy atom. The number of hydrogen-bond donors (Lipinski definition) is 1. The molecule has 172 valence electrons. The van der Waals surface area contributed by atoms with Crippen LogP contribution in [0.2, 0.25) is 0 Å². The number of halogens is 1. The number of nitrogens with zero attached hydrogens (tertiary/aromatic N) is 2. The molecule has 1 fully saturated rings. The summed E-state index contributed by atoms with van der Waals surface area (Å²) in [6, 6.07) is 19.9.